The lowest BCUT2D eigenvalue weighted by molar-refractivity contribution is 0.101. The van der Waals surface area contributed by atoms with E-state index in [-0.39, 0.29) is 17.3 Å². The number of carbonyl (C=O) groups is 1. The molecule has 5 heteroatoms. The Labute approximate surface area is 157 Å². The van der Waals surface area contributed by atoms with Crippen LogP contribution in [0.3, 0.4) is 0 Å². The first-order valence-electron chi connectivity index (χ1n) is 8.89. The molecule has 0 amide bonds. The van der Waals surface area contributed by atoms with Crippen LogP contribution < -0.4 is 4.74 Å². The monoisotopic (exact) mass is 369 g/mol. The first-order chi connectivity index (χ1) is 12.6. The van der Waals surface area contributed by atoms with E-state index in [0.29, 0.717) is 28.4 Å². The number of ether oxygens (including phenoxy) is 1. The van der Waals surface area contributed by atoms with Gasteiger partial charge in [-0.05, 0) is 55.8 Å². The largest absolute Gasteiger partial charge is 0.507 e. The maximum atomic E-state index is 12.7. The van der Waals surface area contributed by atoms with E-state index in [1.54, 1.807) is 24.3 Å². The molecule has 0 unspecified atom stereocenters. The van der Waals surface area contributed by atoms with Gasteiger partial charge in [0.25, 0.3) is 0 Å². The SMILES string of the molecule is O=C1/C(=C/c2ccccc2Cl)Oc2c1ccc(O)c2CN1CCCCC1. The lowest BCUT2D eigenvalue weighted by Crippen LogP contribution is -2.29. The van der Waals surface area contributed by atoms with Gasteiger partial charge in [-0.2, -0.15) is 0 Å². The molecule has 2 heterocycles. The Morgan fingerprint density at radius 3 is 2.65 bits per heavy atom. The predicted octanol–water partition coefficient (Wildman–Crippen LogP) is 4.65. The molecule has 0 radical (unpaired) electrons. The highest BCUT2D eigenvalue weighted by molar-refractivity contribution is 6.32. The number of nitrogens with zero attached hydrogens (tertiary/aromatic N) is 1. The van der Waals surface area contributed by atoms with Crippen molar-refractivity contribution < 1.29 is 14.6 Å². The zero-order valence-corrected chi connectivity index (χ0v) is 15.1. The molecule has 2 aromatic rings. The summed E-state index contributed by atoms with van der Waals surface area (Å²) in [7, 11) is 0. The van der Waals surface area contributed by atoms with Crippen molar-refractivity contribution in [2.75, 3.05) is 13.1 Å². The molecule has 0 saturated carbocycles. The summed E-state index contributed by atoms with van der Waals surface area (Å²) >= 11 is 6.19. The van der Waals surface area contributed by atoms with E-state index in [1.807, 2.05) is 18.2 Å². The van der Waals surface area contributed by atoms with Crippen molar-refractivity contribution in [3.63, 3.8) is 0 Å². The van der Waals surface area contributed by atoms with Gasteiger partial charge < -0.3 is 9.84 Å². The number of rotatable bonds is 3. The summed E-state index contributed by atoms with van der Waals surface area (Å²) in [5.74, 6) is 0.693. The summed E-state index contributed by atoms with van der Waals surface area (Å²) in [5.41, 5.74) is 1.90. The topological polar surface area (TPSA) is 49.8 Å². The Morgan fingerprint density at radius 2 is 1.88 bits per heavy atom. The molecule has 2 aliphatic heterocycles. The lowest BCUT2D eigenvalue weighted by atomic mass is 10.0. The molecule has 2 aliphatic rings. The number of benzene rings is 2. The van der Waals surface area contributed by atoms with Crippen LogP contribution in [0.15, 0.2) is 42.2 Å². The number of likely N-dealkylation sites (tertiary alicyclic amines) is 1. The summed E-state index contributed by atoms with van der Waals surface area (Å²) in [4.78, 5) is 15.0. The highest BCUT2D eigenvalue weighted by Gasteiger charge is 2.32. The van der Waals surface area contributed by atoms with Crippen LogP contribution >= 0.6 is 11.6 Å². The normalized spacial score (nSPS) is 18.8. The minimum Gasteiger partial charge on any atom is -0.507 e. The summed E-state index contributed by atoms with van der Waals surface area (Å²) in [6.45, 7) is 2.58. The predicted molar refractivity (Wildman–Crippen MR) is 102 cm³/mol. The Hall–Kier alpha value is -2.30. The van der Waals surface area contributed by atoms with Crippen LogP contribution in [0.25, 0.3) is 6.08 Å². The first kappa shape index (κ1) is 17.1. The van der Waals surface area contributed by atoms with E-state index in [0.717, 1.165) is 31.5 Å². The van der Waals surface area contributed by atoms with Crippen LogP contribution in [-0.4, -0.2) is 28.9 Å². The van der Waals surface area contributed by atoms with Crippen molar-refractivity contribution in [2.24, 2.45) is 0 Å². The van der Waals surface area contributed by atoms with Gasteiger partial charge in [0.1, 0.15) is 11.5 Å². The molecule has 0 aromatic heterocycles. The summed E-state index contributed by atoms with van der Waals surface area (Å²) in [6, 6.07) is 10.5. The second-order valence-corrected chi connectivity index (χ2v) is 7.15. The fourth-order valence-corrected chi connectivity index (χ4v) is 3.71. The molecule has 26 heavy (non-hydrogen) atoms. The summed E-state index contributed by atoms with van der Waals surface area (Å²) < 4.78 is 5.90. The van der Waals surface area contributed by atoms with Crippen LogP contribution in [0.1, 0.15) is 40.7 Å². The number of aromatic hydroxyl groups is 1. The van der Waals surface area contributed by atoms with Crippen LogP contribution in [0.4, 0.5) is 0 Å². The number of hydrogen-bond donors (Lipinski definition) is 1. The van der Waals surface area contributed by atoms with Crippen molar-refractivity contribution in [1.29, 1.82) is 0 Å². The number of Topliss-reactive ketones (excluding diaryl/α,β-unsaturated/α-hetero) is 1. The van der Waals surface area contributed by atoms with Crippen molar-refractivity contribution in [2.45, 2.75) is 25.8 Å². The van der Waals surface area contributed by atoms with Crippen molar-refractivity contribution in [1.82, 2.24) is 4.90 Å². The second kappa shape index (κ2) is 7.14. The zero-order valence-electron chi connectivity index (χ0n) is 14.4. The standard InChI is InChI=1S/C21H20ClNO3/c22-17-7-3-2-6-14(17)12-19-20(25)15-8-9-18(24)16(21(15)26-19)13-23-10-4-1-5-11-23/h2-3,6-9,12,24H,1,4-5,10-11,13H2/b19-12-. The molecule has 1 N–H and O–H groups in total. The van der Waals surface area contributed by atoms with Gasteiger partial charge in [0, 0.05) is 11.6 Å². The van der Waals surface area contributed by atoms with Crippen molar-refractivity contribution >= 4 is 23.5 Å². The molecule has 2 aromatic carbocycles. The number of carbonyl (C=O) groups excluding carboxylic acids is 1. The maximum Gasteiger partial charge on any atom is 0.231 e. The third-order valence-electron chi connectivity index (χ3n) is 4.94. The number of hydrogen-bond acceptors (Lipinski definition) is 4. The first-order valence-corrected chi connectivity index (χ1v) is 9.27. The zero-order chi connectivity index (χ0) is 18.1. The number of halogens is 1. The third kappa shape index (κ3) is 3.22. The molecule has 0 aliphatic carbocycles. The lowest BCUT2D eigenvalue weighted by Gasteiger charge is -2.27. The van der Waals surface area contributed by atoms with E-state index >= 15 is 0 Å². The van der Waals surface area contributed by atoms with Crippen molar-refractivity contribution in [3.05, 3.63) is 63.9 Å². The Kier molecular flexibility index (Phi) is 4.70. The van der Waals surface area contributed by atoms with Gasteiger partial charge in [0.15, 0.2) is 5.76 Å². The molecule has 1 fully saturated rings. The van der Waals surface area contributed by atoms with Gasteiger partial charge in [-0.25, -0.2) is 0 Å². The summed E-state index contributed by atoms with van der Waals surface area (Å²) in [5, 5.41) is 10.9. The van der Waals surface area contributed by atoms with Gasteiger partial charge >= 0.3 is 0 Å². The molecular weight excluding hydrogens is 350 g/mol. The van der Waals surface area contributed by atoms with Gasteiger partial charge in [0.05, 0.1) is 11.1 Å². The highest BCUT2D eigenvalue weighted by Crippen LogP contribution is 2.40. The fourth-order valence-electron chi connectivity index (χ4n) is 3.52. The fraction of sp³-hybridized carbons (Fsp3) is 0.286. The minimum atomic E-state index is -0.181. The smallest absolute Gasteiger partial charge is 0.231 e. The molecule has 1 saturated heterocycles. The molecule has 4 nitrogen and oxygen atoms in total. The van der Waals surface area contributed by atoms with Crippen molar-refractivity contribution in [3.8, 4) is 11.5 Å². The van der Waals surface area contributed by atoms with Crippen LogP contribution in [-0.2, 0) is 6.54 Å². The average Bonchev–Trinajstić information content (AvgIpc) is 2.96. The van der Waals surface area contributed by atoms with E-state index in [1.165, 1.54) is 6.42 Å². The second-order valence-electron chi connectivity index (χ2n) is 6.74. The van der Waals surface area contributed by atoms with Crippen LogP contribution in [0.5, 0.6) is 11.5 Å². The van der Waals surface area contributed by atoms with E-state index in [9.17, 15) is 9.90 Å². The van der Waals surface area contributed by atoms with Gasteiger partial charge in [0.2, 0.25) is 5.78 Å². The number of allylic oxidation sites excluding steroid dienone is 1. The molecule has 134 valence electrons. The van der Waals surface area contributed by atoms with Crippen LogP contribution in [0, 0.1) is 0 Å². The number of phenolic OH excluding ortho intramolecular Hbond substituents is 1. The molecule has 4 rings (SSSR count). The third-order valence-corrected chi connectivity index (χ3v) is 5.28. The van der Waals surface area contributed by atoms with Gasteiger partial charge in [-0.1, -0.05) is 36.2 Å². The number of fused-ring (bicyclic) bond motifs is 1. The molecule has 0 spiro atoms. The number of piperidine rings is 1. The van der Waals surface area contributed by atoms with Gasteiger partial charge in [-0.15, -0.1) is 0 Å². The maximum absolute atomic E-state index is 12.7. The van der Waals surface area contributed by atoms with E-state index in [2.05, 4.69) is 4.90 Å². The summed E-state index contributed by atoms with van der Waals surface area (Å²) in [6.07, 6.45) is 5.22. The highest BCUT2D eigenvalue weighted by atomic mass is 35.5. The van der Waals surface area contributed by atoms with E-state index in [4.69, 9.17) is 16.3 Å². The molecule has 0 bridgehead atoms. The number of ketones is 1. The average molecular weight is 370 g/mol. The Bertz CT molecular complexity index is 885. The van der Waals surface area contributed by atoms with E-state index < -0.39 is 0 Å². The Morgan fingerprint density at radius 1 is 1.12 bits per heavy atom. The minimum absolute atomic E-state index is 0.168. The number of phenols is 1. The van der Waals surface area contributed by atoms with Crippen LogP contribution in [0.2, 0.25) is 5.02 Å². The molecule has 0 atom stereocenters. The quantitative estimate of drug-likeness (QED) is 0.800. The van der Waals surface area contributed by atoms with Gasteiger partial charge in [-0.3, -0.25) is 9.69 Å². The molecular formula is C21H20ClNO3. The Balaban J connectivity index is 1.67.